The summed E-state index contributed by atoms with van der Waals surface area (Å²) in [6, 6.07) is 10.3. The molecule has 2 aromatic carbocycles. The highest BCUT2D eigenvalue weighted by Gasteiger charge is 2.38. The average Bonchev–Trinajstić information content (AvgIpc) is 3.02. The number of hydrogen-bond donors (Lipinski definition) is 1. The molecule has 3 atom stereocenters. The summed E-state index contributed by atoms with van der Waals surface area (Å²) in [5.41, 5.74) is 4.76. The van der Waals surface area contributed by atoms with E-state index in [0.29, 0.717) is 21.9 Å². The number of rotatable bonds is 1. The lowest BCUT2D eigenvalue weighted by atomic mass is 9.76. The Bertz CT molecular complexity index is 813. The van der Waals surface area contributed by atoms with E-state index in [0.717, 1.165) is 22.7 Å². The highest BCUT2D eigenvalue weighted by molar-refractivity contribution is 6.42. The molecule has 0 spiro atoms. The van der Waals surface area contributed by atoms with Gasteiger partial charge in [0.15, 0.2) is 0 Å². The van der Waals surface area contributed by atoms with Crippen molar-refractivity contribution in [3.8, 4) is 0 Å². The van der Waals surface area contributed by atoms with Crippen LogP contribution in [0.5, 0.6) is 0 Å². The third-order valence-corrected chi connectivity index (χ3v) is 6.18. The van der Waals surface area contributed by atoms with Crippen LogP contribution in [0.25, 0.3) is 0 Å². The lowest BCUT2D eigenvalue weighted by Gasteiger charge is -2.38. The molecule has 0 fully saturated rings. The van der Waals surface area contributed by atoms with Crippen molar-refractivity contribution in [2.45, 2.75) is 25.3 Å². The normalized spacial score (nSPS) is 25.0. The fourth-order valence-electron chi connectivity index (χ4n) is 3.82. The fourth-order valence-corrected chi connectivity index (χ4v) is 4.29. The standard InChI is InChI=1S/C19H16Cl3N/c1-10-15(20)8-6-14-12-3-2-4-13(12)19(23-18(10)14)11-5-7-16(21)17(22)9-11/h2-3,5-9,12-13,19,23H,4H2,1H3/t12-,13-,19-/m1/s1. The van der Waals surface area contributed by atoms with Gasteiger partial charge in [0.05, 0.1) is 16.1 Å². The zero-order valence-electron chi connectivity index (χ0n) is 12.6. The van der Waals surface area contributed by atoms with Crippen LogP contribution in [-0.4, -0.2) is 0 Å². The highest BCUT2D eigenvalue weighted by Crippen LogP contribution is 2.51. The van der Waals surface area contributed by atoms with Gasteiger partial charge < -0.3 is 5.32 Å². The van der Waals surface area contributed by atoms with Gasteiger partial charge in [0.25, 0.3) is 0 Å². The third-order valence-electron chi connectivity index (χ3n) is 5.03. The van der Waals surface area contributed by atoms with Crippen LogP contribution >= 0.6 is 34.8 Å². The Hall–Kier alpha value is -1.15. The maximum absolute atomic E-state index is 6.33. The summed E-state index contributed by atoms with van der Waals surface area (Å²) in [5, 5.41) is 5.70. The van der Waals surface area contributed by atoms with E-state index in [1.807, 2.05) is 18.2 Å². The van der Waals surface area contributed by atoms with E-state index < -0.39 is 0 Å². The van der Waals surface area contributed by atoms with Crippen molar-refractivity contribution in [2.75, 3.05) is 5.32 Å². The van der Waals surface area contributed by atoms with Crippen LogP contribution in [-0.2, 0) is 0 Å². The molecule has 2 aromatic rings. The van der Waals surface area contributed by atoms with Crippen molar-refractivity contribution >= 4 is 40.5 Å². The average molecular weight is 365 g/mol. The summed E-state index contributed by atoms with van der Waals surface area (Å²) in [6.07, 6.45) is 5.66. The predicted octanol–water partition coefficient (Wildman–Crippen LogP) is 6.78. The Labute approximate surface area is 151 Å². The van der Waals surface area contributed by atoms with Crippen LogP contribution in [0.1, 0.15) is 35.1 Å². The zero-order chi connectivity index (χ0) is 16.1. The first-order valence-electron chi connectivity index (χ1n) is 7.73. The van der Waals surface area contributed by atoms with E-state index in [4.69, 9.17) is 34.8 Å². The third kappa shape index (κ3) is 2.46. The molecule has 1 heterocycles. The van der Waals surface area contributed by atoms with Gasteiger partial charge in [-0.3, -0.25) is 0 Å². The maximum Gasteiger partial charge on any atom is 0.0595 e. The lowest BCUT2D eigenvalue weighted by molar-refractivity contribution is 0.425. The first-order chi connectivity index (χ1) is 11.1. The minimum absolute atomic E-state index is 0.203. The van der Waals surface area contributed by atoms with Gasteiger partial charge in [-0.05, 0) is 54.2 Å². The van der Waals surface area contributed by atoms with Crippen LogP contribution in [0, 0.1) is 12.8 Å². The van der Waals surface area contributed by atoms with Crippen LogP contribution in [0.15, 0.2) is 42.5 Å². The summed E-state index contributed by atoms with van der Waals surface area (Å²) >= 11 is 18.6. The van der Waals surface area contributed by atoms with Crippen molar-refractivity contribution in [1.82, 2.24) is 0 Å². The fraction of sp³-hybridized carbons (Fsp3) is 0.263. The zero-order valence-corrected chi connectivity index (χ0v) is 14.9. The molecule has 0 saturated carbocycles. The van der Waals surface area contributed by atoms with Gasteiger partial charge in [-0.1, -0.05) is 59.1 Å². The molecule has 4 heteroatoms. The van der Waals surface area contributed by atoms with Crippen LogP contribution in [0.2, 0.25) is 15.1 Å². The second-order valence-electron chi connectivity index (χ2n) is 6.29. The molecule has 1 aliphatic carbocycles. The van der Waals surface area contributed by atoms with Crippen LogP contribution < -0.4 is 5.32 Å². The molecular formula is C19H16Cl3N. The maximum atomic E-state index is 6.33. The molecule has 0 saturated heterocycles. The molecule has 4 rings (SSSR count). The Morgan fingerprint density at radius 1 is 1.00 bits per heavy atom. The van der Waals surface area contributed by atoms with E-state index >= 15 is 0 Å². The molecule has 0 radical (unpaired) electrons. The minimum atomic E-state index is 0.203. The van der Waals surface area contributed by atoms with Gasteiger partial charge in [0, 0.05) is 16.6 Å². The molecule has 23 heavy (non-hydrogen) atoms. The number of benzene rings is 2. The molecule has 1 nitrogen and oxygen atoms in total. The Kier molecular flexibility index (Phi) is 3.84. The largest absolute Gasteiger partial charge is 0.377 e. The van der Waals surface area contributed by atoms with Gasteiger partial charge in [0.2, 0.25) is 0 Å². The topological polar surface area (TPSA) is 12.0 Å². The first-order valence-corrected chi connectivity index (χ1v) is 8.87. The van der Waals surface area contributed by atoms with Crippen molar-refractivity contribution in [3.63, 3.8) is 0 Å². The summed E-state index contributed by atoms with van der Waals surface area (Å²) in [7, 11) is 0. The molecule has 0 unspecified atom stereocenters. The monoisotopic (exact) mass is 363 g/mol. The van der Waals surface area contributed by atoms with E-state index in [1.165, 1.54) is 11.1 Å². The van der Waals surface area contributed by atoms with Gasteiger partial charge in [-0.15, -0.1) is 0 Å². The molecular weight excluding hydrogens is 349 g/mol. The SMILES string of the molecule is Cc1c(Cl)ccc2c1N[C@H](c1ccc(Cl)c(Cl)c1)[C@@H]1CC=C[C@@H]21. The molecule has 0 aromatic heterocycles. The summed E-state index contributed by atoms with van der Waals surface area (Å²) in [5.74, 6) is 0.905. The van der Waals surface area contributed by atoms with E-state index in [2.05, 4.69) is 36.5 Å². The van der Waals surface area contributed by atoms with E-state index in [9.17, 15) is 0 Å². The van der Waals surface area contributed by atoms with Crippen molar-refractivity contribution < 1.29 is 0 Å². The van der Waals surface area contributed by atoms with Gasteiger partial charge in [0.1, 0.15) is 0 Å². The molecule has 118 valence electrons. The van der Waals surface area contributed by atoms with Crippen LogP contribution in [0.3, 0.4) is 0 Å². The Balaban J connectivity index is 1.83. The summed E-state index contributed by atoms with van der Waals surface area (Å²) in [4.78, 5) is 0. The smallest absolute Gasteiger partial charge is 0.0595 e. The molecule has 1 aliphatic heterocycles. The molecule has 0 bridgehead atoms. The number of anilines is 1. The quantitative estimate of drug-likeness (QED) is 0.550. The molecule has 1 N–H and O–H groups in total. The second kappa shape index (κ2) is 5.73. The van der Waals surface area contributed by atoms with Crippen molar-refractivity contribution in [1.29, 1.82) is 0 Å². The lowest BCUT2D eigenvalue weighted by Crippen LogP contribution is -2.29. The van der Waals surface area contributed by atoms with Crippen LogP contribution in [0.4, 0.5) is 5.69 Å². The molecule has 0 amide bonds. The Morgan fingerprint density at radius 3 is 2.57 bits per heavy atom. The minimum Gasteiger partial charge on any atom is -0.377 e. The number of allylic oxidation sites excluding steroid dienone is 2. The van der Waals surface area contributed by atoms with Gasteiger partial charge in [-0.2, -0.15) is 0 Å². The second-order valence-corrected chi connectivity index (χ2v) is 7.51. The molecule has 2 aliphatic rings. The number of fused-ring (bicyclic) bond motifs is 3. The Morgan fingerprint density at radius 2 is 1.78 bits per heavy atom. The highest BCUT2D eigenvalue weighted by atomic mass is 35.5. The van der Waals surface area contributed by atoms with Crippen molar-refractivity contribution in [2.24, 2.45) is 5.92 Å². The van der Waals surface area contributed by atoms with E-state index in [-0.39, 0.29) is 6.04 Å². The van der Waals surface area contributed by atoms with E-state index in [1.54, 1.807) is 0 Å². The number of nitrogens with one attached hydrogen (secondary N) is 1. The first kappa shape index (κ1) is 15.4. The summed E-state index contributed by atoms with van der Waals surface area (Å²) < 4.78 is 0. The summed E-state index contributed by atoms with van der Waals surface area (Å²) in [6.45, 7) is 2.07. The van der Waals surface area contributed by atoms with Crippen molar-refractivity contribution in [3.05, 3.63) is 74.2 Å². The number of halogens is 3. The predicted molar refractivity (Wildman–Crippen MR) is 99.0 cm³/mol. The van der Waals surface area contributed by atoms with Gasteiger partial charge in [-0.25, -0.2) is 0 Å². The van der Waals surface area contributed by atoms with Gasteiger partial charge >= 0.3 is 0 Å². The number of hydrogen-bond acceptors (Lipinski definition) is 1.